The van der Waals surface area contributed by atoms with Gasteiger partial charge in [-0.2, -0.15) is 9.61 Å². The molecule has 0 spiro atoms. The molecule has 0 aliphatic carbocycles. The third-order valence-corrected chi connectivity index (χ3v) is 1.55. The van der Waals surface area contributed by atoms with E-state index in [1.54, 1.807) is 4.52 Å². The Labute approximate surface area is 75.8 Å². The van der Waals surface area contributed by atoms with Crippen LogP contribution in [0.4, 0.5) is 5.82 Å². The molecule has 0 atom stereocenters. The van der Waals surface area contributed by atoms with Crippen molar-refractivity contribution in [3.63, 3.8) is 0 Å². The number of nitrogen functional groups attached to an aromatic ring is 1. The van der Waals surface area contributed by atoms with E-state index in [9.17, 15) is 0 Å². The number of hydrogen-bond donors (Lipinski definition) is 1. The number of nitrogens with two attached hydrogens (primary N) is 1. The fourth-order valence-electron chi connectivity index (χ4n) is 1.09. The van der Waals surface area contributed by atoms with Crippen LogP contribution in [-0.4, -0.2) is 14.6 Å². The van der Waals surface area contributed by atoms with Gasteiger partial charge in [0.25, 0.3) is 0 Å². The molecule has 0 unspecified atom stereocenters. The fraction of sp³-hybridized carbons (Fsp3) is 0.143. The van der Waals surface area contributed by atoms with Crippen molar-refractivity contribution >= 4 is 23.9 Å². The van der Waals surface area contributed by atoms with Crippen LogP contribution in [0.2, 0.25) is 0 Å². The van der Waals surface area contributed by atoms with Crippen LogP contribution in [0.3, 0.4) is 0 Å². The third kappa shape index (κ3) is 1.21. The summed E-state index contributed by atoms with van der Waals surface area (Å²) in [6.07, 6.45) is 1.49. The van der Waals surface area contributed by atoms with E-state index in [1.165, 1.54) is 6.33 Å². The van der Waals surface area contributed by atoms with Crippen molar-refractivity contribution in [2.75, 3.05) is 5.73 Å². The highest BCUT2D eigenvalue weighted by Crippen LogP contribution is 2.08. The SMILES string of the molecule is Cc1cc(N)n2ncnc2c1.Cl. The minimum atomic E-state index is 0. The molecule has 4 nitrogen and oxygen atoms in total. The predicted molar refractivity (Wildman–Crippen MR) is 49.4 cm³/mol. The summed E-state index contributed by atoms with van der Waals surface area (Å²) in [5, 5.41) is 3.94. The fourth-order valence-corrected chi connectivity index (χ4v) is 1.09. The summed E-state index contributed by atoms with van der Waals surface area (Å²) in [7, 11) is 0. The zero-order valence-corrected chi connectivity index (χ0v) is 7.38. The molecule has 0 bridgehead atoms. The zero-order chi connectivity index (χ0) is 7.84. The van der Waals surface area contributed by atoms with Crippen molar-refractivity contribution in [2.45, 2.75) is 6.92 Å². The topological polar surface area (TPSA) is 56.2 Å². The van der Waals surface area contributed by atoms with Crippen LogP contribution in [0, 0.1) is 6.92 Å². The van der Waals surface area contributed by atoms with Gasteiger partial charge in [-0.1, -0.05) is 0 Å². The van der Waals surface area contributed by atoms with Crippen LogP contribution in [0.25, 0.3) is 5.65 Å². The molecule has 0 saturated heterocycles. The Kier molecular flexibility index (Phi) is 2.19. The summed E-state index contributed by atoms with van der Waals surface area (Å²) in [4.78, 5) is 4.01. The monoisotopic (exact) mass is 184 g/mol. The van der Waals surface area contributed by atoms with E-state index in [0.717, 1.165) is 11.2 Å². The van der Waals surface area contributed by atoms with Crippen LogP contribution in [0.1, 0.15) is 5.56 Å². The van der Waals surface area contributed by atoms with Crippen LogP contribution >= 0.6 is 12.4 Å². The van der Waals surface area contributed by atoms with E-state index >= 15 is 0 Å². The molecular formula is C7H9ClN4. The lowest BCUT2D eigenvalue weighted by Crippen LogP contribution is -1.98. The van der Waals surface area contributed by atoms with Gasteiger partial charge in [0.2, 0.25) is 0 Å². The van der Waals surface area contributed by atoms with Gasteiger partial charge in [0.15, 0.2) is 5.65 Å². The van der Waals surface area contributed by atoms with Gasteiger partial charge < -0.3 is 5.73 Å². The van der Waals surface area contributed by atoms with E-state index in [0.29, 0.717) is 5.82 Å². The van der Waals surface area contributed by atoms with Crippen LogP contribution in [0.5, 0.6) is 0 Å². The number of fused-ring (bicyclic) bond motifs is 1. The lowest BCUT2D eigenvalue weighted by atomic mass is 10.3. The maximum absolute atomic E-state index is 5.66. The molecule has 0 saturated carbocycles. The molecule has 0 aliphatic rings. The van der Waals surface area contributed by atoms with Gasteiger partial charge in [-0.15, -0.1) is 12.4 Å². The Morgan fingerprint density at radius 1 is 1.42 bits per heavy atom. The number of pyridine rings is 1. The van der Waals surface area contributed by atoms with Gasteiger partial charge in [0, 0.05) is 0 Å². The molecule has 0 aliphatic heterocycles. The second kappa shape index (κ2) is 2.98. The average molecular weight is 185 g/mol. The zero-order valence-electron chi connectivity index (χ0n) is 6.56. The highest BCUT2D eigenvalue weighted by atomic mass is 35.5. The first-order valence-corrected chi connectivity index (χ1v) is 3.33. The number of hydrogen-bond acceptors (Lipinski definition) is 3. The van der Waals surface area contributed by atoms with E-state index < -0.39 is 0 Å². The molecule has 2 aromatic rings. The number of nitrogens with zero attached hydrogens (tertiary/aromatic N) is 3. The molecule has 2 N–H and O–H groups in total. The summed E-state index contributed by atoms with van der Waals surface area (Å²) < 4.78 is 1.60. The third-order valence-electron chi connectivity index (χ3n) is 1.55. The molecule has 0 radical (unpaired) electrons. The summed E-state index contributed by atoms with van der Waals surface area (Å²) in [5.41, 5.74) is 7.56. The maximum Gasteiger partial charge on any atom is 0.157 e. The molecule has 5 heteroatoms. The molecule has 0 fully saturated rings. The summed E-state index contributed by atoms with van der Waals surface area (Å²) in [6, 6.07) is 3.80. The first-order valence-electron chi connectivity index (χ1n) is 3.33. The van der Waals surface area contributed by atoms with Gasteiger partial charge in [-0.05, 0) is 24.6 Å². The van der Waals surface area contributed by atoms with Gasteiger partial charge in [-0.25, -0.2) is 4.98 Å². The first-order chi connectivity index (χ1) is 5.27. The molecule has 0 aromatic carbocycles. The molecule has 2 heterocycles. The van der Waals surface area contributed by atoms with Crippen LogP contribution in [-0.2, 0) is 0 Å². The molecular weight excluding hydrogens is 176 g/mol. The second-order valence-electron chi connectivity index (χ2n) is 2.49. The van der Waals surface area contributed by atoms with Crippen molar-refractivity contribution < 1.29 is 0 Å². The second-order valence-corrected chi connectivity index (χ2v) is 2.49. The van der Waals surface area contributed by atoms with E-state index in [4.69, 9.17) is 5.73 Å². The molecule has 0 amide bonds. The predicted octanol–water partition coefficient (Wildman–Crippen LogP) is 1.04. The van der Waals surface area contributed by atoms with Crippen molar-refractivity contribution in [3.8, 4) is 0 Å². The van der Waals surface area contributed by atoms with Crippen LogP contribution in [0.15, 0.2) is 18.5 Å². The van der Waals surface area contributed by atoms with Crippen molar-refractivity contribution in [2.24, 2.45) is 0 Å². The Balaban J connectivity index is 0.000000720. The summed E-state index contributed by atoms with van der Waals surface area (Å²) >= 11 is 0. The lowest BCUT2D eigenvalue weighted by Gasteiger charge is -1.98. The normalized spacial score (nSPS) is 9.75. The minimum absolute atomic E-state index is 0. The van der Waals surface area contributed by atoms with E-state index in [-0.39, 0.29) is 12.4 Å². The number of halogens is 1. The Bertz CT molecular complexity index is 395. The van der Waals surface area contributed by atoms with Gasteiger partial charge in [-0.3, -0.25) is 0 Å². The van der Waals surface area contributed by atoms with Crippen LogP contribution < -0.4 is 5.73 Å². The quantitative estimate of drug-likeness (QED) is 0.666. The average Bonchev–Trinajstić information content (AvgIpc) is 2.34. The smallest absolute Gasteiger partial charge is 0.157 e. The number of aryl methyl sites for hydroxylation is 1. The molecule has 2 aromatic heterocycles. The molecule has 64 valence electrons. The molecule has 2 rings (SSSR count). The number of anilines is 1. The first kappa shape index (κ1) is 8.80. The largest absolute Gasteiger partial charge is 0.384 e. The Morgan fingerprint density at radius 3 is 2.92 bits per heavy atom. The van der Waals surface area contributed by atoms with Crippen molar-refractivity contribution in [1.82, 2.24) is 14.6 Å². The summed E-state index contributed by atoms with van der Waals surface area (Å²) in [5.74, 6) is 0.623. The van der Waals surface area contributed by atoms with Gasteiger partial charge >= 0.3 is 0 Å². The van der Waals surface area contributed by atoms with Crippen molar-refractivity contribution in [3.05, 3.63) is 24.0 Å². The minimum Gasteiger partial charge on any atom is -0.384 e. The summed E-state index contributed by atoms with van der Waals surface area (Å²) in [6.45, 7) is 1.98. The van der Waals surface area contributed by atoms with Crippen molar-refractivity contribution in [1.29, 1.82) is 0 Å². The maximum atomic E-state index is 5.66. The highest BCUT2D eigenvalue weighted by Gasteiger charge is 1.98. The van der Waals surface area contributed by atoms with Gasteiger partial charge in [0.05, 0.1) is 0 Å². The highest BCUT2D eigenvalue weighted by molar-refractivity contribution is 5.85. The van der Waals surface area contributed by atoms with E-state index in [1.807, 2.05) is 19.1 Å². The standard InChI is InChI=1S/C7H8N4.ClH/c1-5-2-6(8)11-7(3-5)9-4-10-11;/h2-4H,8H2,1H3;1H. The number of aromatic nitrogens is 3. The Morgan fingerprint density at radius 2 is 2.17 bits per heavy atom. The Hall–Kier alpha value is -1.29. The number of rotatable bonds is 0. The lowest BCUT2D eigenvalue weighted by molar-refractivity contribution is 0.970. The van der Waals surface area contributed by atoms with Gasteiger partial charge in [0.1, 0.15) is 12.1 Å². The van der Waals surface area contributed by atoms with E-state index in [2.05, 4.69) is 10.1 Å². The molecule has 12 heavy (non-hydrogen) atoms.